The standard InChI is InChI=1S/C17H20ClFN6O2/c1-2-27-17(26)25-7-5-11(6-8-25)22-16-23-15(10-20-24-16)21-12-3-4-14(19)13(18)9-12/h3-4,9-11H,2,5-8H2,1H3,(H2,21,22,23,24). The molecule has 0 unspecified atom stereocenters. The molecule has 2 N–H and O–H groups in total. The third-order valence-electron chi connectivity index (χ3n) is 4.11. The van der Waals surface area contributed by atoms with Crippen LogP contribution in [-0.4, -0.2) is 51.9 Å². The summed E-state index contributed by atoms with van der Waals surface area (Å²) >= 11 is 5.78. The second kappa shape index (κ2) is 8.81. The molecule has 1 amide bonds. The lowest BCUT2D eigenvalue weighted by Gasteiger charge is -2.31. The number of carbonyl (C=O) groups excluding carboxylic acids is 1. The summed E-state index contributed by atoms with van der Waals surface area (Å²) in [6.45, 7) is 3.37. The van der Waals surface area contributed by atoms with Crippen molar-refractivity contribution in [3.8, 4) is 0 Å². The van der Waals surface area contributed by atoms with Gasteiger partial charge in [0.25, 0.3) is 0 Å². The van der Waals surface area contributed by atoms with Crippen LogP contribution in [0.1, 0.15) is 19.8 Å². The van der Waals surface area contributed by atoms with Crippen molar-refractivity contribution in [3.63, 3.8) is 0 Å². The highest BCUT2D eigenvalue weighted by atomic mass is 35.5. The molecule has 1 aliphatic heterocycles. The van der Waals surface area contributed by atoms with E-state index in [4.69, 9.17) is 16.3 Å². The van der Waals surface area contributed by atoms with E-state index >= 15 is 0 Å². The number of halogens is 2. The minimum Gasteiger partial charge on any atom is -0.450 e. The Bertz CT molecular complexity index is 801. The van der Waals surface area contributed by atoms with Crippen molar-refractivity contribution in [2.45, 2.75) is 25.8 Å². The Morgan fingerprint density at radius 2 is 2.19 bits per heavy atom. The van der Waals surface area contributed by atoms with Gasteiger partial charge in [-0.2, -0.15) is 10.1 Å². The van der Waals surface area contributed by atoms with Crippen molar-refractivity contribution < 1.29 is 13.9 Å². The maximum atomic E-state index is 13.2. The number of piperidine rings is 1. The van der Waals surface area contributed by atoms with Crippen LogP contribution in [0.2, 0.25) is 5.02 Å². The molecule has 0 atom stereocenters. The van der Waals surface area contributed by atoms with Gasteiger partial charge < -0.3 is 20.3 Å². The number of carbonyl (C=O) groups is 1. The van der Waals surface area contributed by atoms with E-state index < -0.39 is 5.82 Å². The quantitative estimate of drug-likeness (QED) is 0.802. The third kappa shape index (κ3) is 5.16. The molecule has 144 valence electrons. The van der Waals surface area contributed by atoms with Crippen molar-refractivity contribution >= 4 is 35.1 Å². The second-order valence-corrected chi connectivity index (χ2v) is 6.43. The lowest BCUT2D eigenvalue weighted by Crippen LogP contribution is -2.42. The van der Waals surface area contributed by atoms with Gasteiger partial charge in [-0.05, 0) is 38.0 Å². The minimum absolute atomic E-state index is 0.0220. The Morgan fingerprint density at radius 3 is 2.89 bits per heavy atom. The van der Waals surface area contributed by atoms with Gasteiger partial charge in [0.1, 0.15) is 5.82 Å². The number of rotatable bonds is 5. The van der Waals surface area contributed by atoms with E-state index in [0.717, 1.165) is 12.8 Å². The molecule has 0 radical (unpaired) electrons. The lowest BCUT2D eigenvalue weighted by atomic mass is 10.1. The Balaban J connectivity index is 1.56. The van der Waals surface area contributed by atoms with Crippen LogP contribution in [0.25, 0.3) is 0 Å². The number of likely N-dealkylation sites (tertiary alicyclic amines) is 1. The summed E-state index contributed by atoms with van der Waals surface area (Å²) in [4.78, 5) is 17.8. The molecule has 10 heteroatoms. The van der Waals surface area contributed by atoms with E-state index in [0.29, 0.717) is 37.1 Å². The van der Waals surface area contributed by atoms with E-state index in [1.165, 1.54) is 18.3 Å². The van der Waals surface area contributed by atoms with E-state index in [-0.39, 0.29) is 17.2 Å². The molecule has 1 aromatic carbocycles. The molecular weight excluding hydrogens is 375 g/mol. The van der Waals surface area contributed by atoms with Gasteiger partial charge in [-0.25, -0.2) is 9.18 Å². The number of ether oxygens (including phenoxy) is 1. The second-order valence-electron chi connectivity index (χ2n) is 6.02. The highest BCUT2D eigenvalue weighted by molar-refractivity contribution is 6.31. The molecule has 2 heterocycles. The van der Waals surface area contributed by atoms with Crippen LogP contribution in [0, 0.1) is 5.82 Å². The van der Waals surface area contributed by atoms with Crippen LogP contribution in [0.5, 0.6) is 0 Å². The summed E-state index contributed by atoms with van der Waals surface area (Å²) in [6, 6.07) is 4.43. The number of anilines is 3. The van der Waals surface area contributed by atoms with Crippen molar-refractivity contribution in [1.29, 1.82) is 0 Å². The highest BCUT2D eigenvalue weighted by Crippen LogP contribution is 2.22. The predicted octanol–water partition coefficient (Wildman–Crippen LogP) is 3.44. The van der Waals surface area contributed by atoms with E-state index in [9.17, 15) is 9.18 Å². The number of hydrogen-bond acceptors (Lipinski definition) is 7. The van der Waals surface area contributed by atoms with Gasteiger partial charge in [0.2, 0.25) is 5.95 Å². The molecule has 8 nitrogen and oxygen atoms in total. The first kappa shape index (κ1) is 19.1. The maximum absolute atomic E-state index is 13.2. The maximum Gasteiger partial charge on any atom is 0.409 e. The zero-order valence-electron chi connectivity index (χ0n) is 14.8. The van der Waals surface area contributed by atoms with Crippen LogP contribution in [-0.2, 0) is 4.74 Å². The number of nitrogens with one attached hydrogen (secondary N) is 2. The monoisotopic (exact) mass is 394 g/mol. The van der Waals surface area contributed by atoms with Crippen molar-refractivity contribution in [2.75, 3.05) is 30.3 Å². The van der Waals surface area contributed by atoms with Gasteiger partial charge in [0.15, 0.2) is 5.82 Å². The number of aromatic nitrogens is 3. The van der Waals surface area contributed by atoms with Gasteiger partial charge in [-0.3, -0.25) is 0 Å². The smallest absolute Gasteiger partial charge is 0.409 e. The molecule has 1 aromatic heterocycles. The average Bonchev–Trinajstić information content (AvgIpc) is 2.66. The largest absolute Gasteiger partial charge is 0.450 e. The summed E-state index contributed by atoms with van der Waals surface area (Å²) < 4.78 is 18.3. The fourth-order valence-corrected chi connectivity index (χ4v) is 2.93. The zero-order valence-corrected chi connectivity index (χ0v) is 15.5. The van der Waals surface area contributed by atoms with Crippen molar-refractivity contribution in [3.05, 3.63) is 35.2 Å². The normalized spacial score (nSPS) is 14.7. The summed E-state index contributed by atoms with van der Waals surface area (Å²) in [5.74, 6) is 0.349. The van der Waals surface area contributed by atoms with Crippen LogP contribution >= 0.6 is 11.6 Å². The molecular formula is C17H20ClFN6O2. The minimum atomic E-state index is -0.487. The molecule has 2 aromatic rings. The van der Waals surface area contributed by atoms with Crippen LogP contribution in [0.15, 0.2) is 24.4 Å². The van der Waals surface area contributed by atoms with E-state index in [2.05, 4.69) is 25.8 Å². The Kier molecular flexibility index (Phi) is 6.23. The molecule has 0 aliphatic carbocycles. The van der Waals surface area contributed by atoms with Crippen LogP contribution < -0.4 is 10.6 Å². The fourth-order valence-electron chi connectivity index (χ4n) is 2.75. The van der Waals surface area contributed by atoms with Gasteiger partial charge in [0.05, 0.1) is 17.8 Å². The van der Waals surface area contributed by atoms with Gasteiger partial charge in [-0.1, -0.05) is 11.6 Å². The Labute approximate surface area is 161 Å². The molecule has 3 rings (SSSR count). The highest BCUT2D eigenvalue weighted by Gasteiger charge is 2.24. The first-order valence-electron chi connectivity index (χ1n) is 8.65. The van der Waals surface area contributed by atoms with Crippen LogP contribution in [0.3, 0.4) is 0 Å². The molecule has 1 aliphatic rings. The summed E-state index contributed by atoms with van der Waals surface area (Å²) in [5, 5.41) is 14.2. The third-order valence-corrected chi connectivity index (χ3v) is 4.39. The average molecular weight is 395 g/mol. The molecule has 0 bridgehead atoms. The number of amides is 1. The summed E-state index contributed by atoms with van der Waals surface area (Å²) in [7, 11) is 0. The predicted molar refractivity (Wildman–Crippen MR) is 99.8 cm³/mol. The molecule has 1 fully saturated rings. The molecule has 27 heavy (non-hydrogen) atoms. The summed E-state index contributed by atoms with van der Waals surface area (Å²) in [5.41, 5.74) is 0.593. The van der Waals surface area contributed by atoms with Gasteiger partial charge >= 0.3 is 6.09 Å². The van der Waals surface area contributed by atoms with E-state index in [1.807, 2.05) is 0 Å². The molecule has 0 spiro atoms. The molecule has 0 saturated carbocycles. The number of hydrogen-bond donors (Lipinski definition) is 2. The Morgan fingerprint density at radius 1 is 1.41 bits per heavy atom. The first-order chi connectivity index (χ1) is 13.0. The first-order valence-corrected chi connectivity index (χ1v) is 9.03. The summed E-state index contributed by atoms with van der Waals surface area (Å²) in [6.07, 6.45) is 2.70. The van der Waals surface area contributed by atoms with E-state index in [1.54, 1.807) is 17.9 Å². The van der Waals surface area contributed by atoms with Crippen molar-refractivity contribution in [1.82, 2.24) is 20.1 Å². The number of benzene rings is 1. The fraction of sp³-hybridized carbons (Fsp3) is 0.412. The van der Waals surface area contributed by atoms with Gasteiger partial charge in [-0.15, -0.1) is 5.10 Å². The van der Waals surface area contributed by atoms with Crippen molar-refractivity contribution in [2.24, 2.45) is 0 Å². The van der Waals surface area contributed by atoms with Gasteiger partial charge in [0, 0.05) is 24.8 Å². The zero-order chi connectivity index (χ0) is 19.2. The Hall–Kier alpha value is -2.68. The topological polar surface area (TPSA) is 92.3 Å². The SMILES string of the molecule is CCOC(=O)N1CCC(Nc2nncc(Nc3ccc(F)c(Cl)c3)n2)CC1. The number of nitrogens with zero attached hydrogens (tertiary/aromatic N) is 4. The lowest BCUT2D eigenvalue weighted by molar-refractivity contribution is 0.0983. The molecule has 1 saturated heterocycles. The van der Waals surface area contributed by atoms with Crippen LogP contribution in [0.4, 0.5) is 26.6 Å².